The second-order valence-corrected chi connectivity index (χ2v) is 11.5. The molecular formula is C32H42N6O. The van der Waals surface area contributed by atoms with Gasteiger partial charge in [0.05, 0.1) is 23.8 Å². The van der Waals surface area contributed by atoms with Gasteiger partial charge in [0.15, 0.2) is 0 Å². The molecule has 3 heterocycles. The zero-order valence-corrected chi connectivity index (χ0v) is 23.8. The summed E-state index contributed by atoms with van der Waals surface area (Å²) in [6.45, 7) is 8.35. The Morgan fingerprint density at radius 1 is 1.13 bits per heavy atom. The summed E-state index contributed by atoms with van der Waals surface area (Å²) in [5.74, 6) is 1.60. The first-order chi connectivity index (χ1) is 18.9. The summed E-state index contributed by atoms with van der Waals surface area (Å²) < 4.78 is 0. The van der Waals surface area contributed by atoms with Crippen molar-refractivity contribution in [3.05, 3.63) is 71.2 Å². The second-order valence-electron chi connectivity index (χ2n) is 11.5. The standard InChI is InChI=1S/C32H42N6O/c1-22-16-23(2)31(32(39)36-26-9-11-30(35-20-26)34-12-15-37(3)4)29-18-24(8-10-28(22)29)25-17-27(21-33-19-25)38-13-6-5-7-14-38/h8-9,11,17-22,28H,5-7,10,12-16H2,1-4H3,(H,34,35)(H,36,39)/t22-,28?/m1/s1. The number of nitrogens with one attached hydrogen (secondary N) is 2. The van der Waals surface area contributed by atoms with Gasteiger partial charge in [0.25, 0.3) is 5.91 Å². The van der Waals surface area contributed by atoms with Gasteiger partial charge in [-0.3, -0.25) is 9.78 Å². The highest BCUT2D eigenvalue weighted by molar-refractivity contribution is 6.08. The molecule has 39 heavy (non-hydrogen) atoms. The smallest absolute Gasteiger partial charge is 0.255 e. The summed E-state index contributed by atoms with van der Waals surface area (Å²) in [7, 11) is 4.09. The number of allylic oxidation sites excluding steroid dienone is 4. The number of pyridine rings is 2. The van der Waals surface area contributed by atoms with Crippen LogP contribution in [0.1, 0.15) is 51.5 Å². The van der Waals surface area contributed by atoms with Crippen LogP contribution in [0.3, 0.4) is 0 Å². The molecule has 0 spiro atoms. The van der Waals surface area contributed by atoms with Crippen molar-refractivity contribution >= 4 is 28.7 Å². The molecule has 2 atom stereocenters. The molecule has 3 aliphatic rings. The monoisotopic (exact) mass is 526 g/mol. The van der Waals surface area contributed by atoms with Crippen molar-refractivity contribution in [1.29, 1.82) is 0 Å². The summed E-state index contributed by atoms with van der Waals surface area (Å²) in [6.07, 6.45) is 15.9. The molecule has 0 bridgehead atoms. The predicted octanol–water partition coefficient (Wildman–Crippen LogP) is 5.77. The number of hydrogen-bond acceptors (Lipinski definition) is 6. The molecule has 2 aromatic rings. The van der Waals surface area contributed by atoms with Crippen LogP contribution >= 0.6 is 0 Å². The molecule has 2 aromatic heterocycles. The van der Waals surface area contributed by atoms with Crippen LogP contribution < -0.4 is 15.5 Å². The van der Waals surface area contributed by atoms with E-state index in [1.54, 1.807) is 6.20 Å². The molecule has 7 nitrogen and oxygen atoms in total. The lowest BCUT2D eigenvalue weighted by molar-refractivity contribution is -0.112. The van der Waals surface area contributed by atoms with Crippen molar-refractivity contribution in [3.8, 4) is 0 Å². The van der Waals surface area contributed by atoms with Crippen LogP contribution in [0.2, 0.25) is 0 Å². The zero-order valence-electron chi connectivity index (χ0n) is 23.8. The summed E-state index contributed by atoms with van der Waals surface area (Å²) in [5, 5.41) is 6.44. The number of rotatable bonds is 8. The van der Waals surface area contributed by atoms with Crippen LogP contribution in [0.15, 0.2) is 65.7 Å². The quantitative estimate of drug-likeness (QED) is 0.455. The lowest BCUT2D eigenvalue weighted by atomic mass is 9.69. The summed E-state index contributed by atoms with van der Waals surface area (Å²) >= 11 is 0. The molecule has 2 aliphatic carbocycles. The predicted molar refractivity (Wildman–Crippen MR) is 161 cm³/mol. The van der Waals surface area contributed by atoms with E-state index in [9.17, 15) is 4.79 Å². The Labute approximate surface area is 233 Å². The lowest BCUT2D eigenvalue weighted by Crippen LogP contribution is -2.29. The maximum Gasteiger partial charge on any atom is 0.255 e. The summed E-state index contributed by atoms with van der Waals surface area (Å²) in [4.78, 5) is 27.3. The third-order valence-electron chi connectivity index (χ3n) is 8.22. The number of hydrogen-bond donors (Lipinski definition) is 2. The van der Waals surface area contributed by atoms with Crippen molar-refractivity contribution in [3.63, 3.8) is 0 Å². The van der Waals surface area contributed by atoms with Crippen LogP contribution in [-0.4, -0.2) is 61.0 Å². The van der Waals surface area contributed by atoms with Crippen molar-refractivity contribution in [2.75, 3.05) is 55.8 Å². The number of aromatic nitrogens is 2. The van der Waals surface area contributed by atoms with E-state index in [-0.39, 0.29) is 5.91 Å². The average molecular weight is 527 g/mol. The number of carbonyl (C=O) groups excluding carboxylic acids is 1. The van der Waals surface area contributed by atoms with Crippen LogP contribution in [0.4, 0.5) is 17.2 Å². The third kappa shape index (κ3) is 6.41. The van der Waals surface area contributed by atoms with Crippen molar-refractivity contribution in [1.82, 2.24) is 14.9 Å². The Morgan fingerprint density at radius 3 is 2.69 bits per heavy atom. The molecule has 0 aromatic carbocycles. The SMILES string of the molecule is CC1=C(C(=O)Nc2ccc(NCCN(C)C)nc2)C2=CC(c3cncc(N4CCCCC4)c3)=CCC2[C@H](C)C1. The molecule has 0 saturated carbocycles. The summed E-state index contributed by atoms with van der Waals surface area (Å²) in [6, 6.07) is 6.10. The number of fused-ring (bicyclic) bond motifs is 1. The molecule has 7 heteroatoms. The number of anilines is 3. The molecular weight excluding hydrogens is 484 g/mol. The molecule has 0 radical (unpaired) electrons. The van der Waals surface area contributed by atoms with Gasteiger partial charge in [0, 0.05) is 43.5 Å². The van der Waals surface area contributed by atoms with E-state index >= 15 is 0 Å². The van der Waals surface area contributed by atoms with Gasteiger partial charge in [0.2, 0.25) is 0 Å². The van der Waals surface area contributed by atoms with Crippen LogP contribution in [0.25, 0.3) is 5.57 Å². The van der Waals surface area contributed by atoms with Crippen LogP contribution in [-0.2, 0) is 4.79 Å². The Balaban J connectivity index is 1.35. The second kappa shape index (κ2) is 12.2. The van der Waals surface area contributed by atoms with Gasteiger partial charge in [-0.05, 0) is 94.3 Å². The van der Waals surface area contributed by atoms with Gasteiger partial charge in [0.1, 0.15) is 5.82 Å². The van der Waals surface area contributed by atoms with E-state index in [1.165, 1.54) is 24.9 Å². The molecule has 206 valence electrons. The van der Waals surface area contributed by atoms with Gasteiger partial charge >= 0.3 is 0 Å². The largest absolute Gasteiger partial charge is 0.370 e. The third-order valence-corrected chi connectivity index (χ3v) is 8.22. The van der Waals surface area contributed by atoms with Gasteiger partial charge in [-0.25, -0.2) is 4.98 Å². The van der Waals surface area contributed by atoms with E-state index in [1.807, 2.05) is 38.6 Å². The highest BCUT2D eigenvalue weighted by Crippen LogP contribution is 2.45. The molecule has 5 rings (SSSR count). The molecule has 1 unspecified atom stereocenters. The lowest BCUT2D eigenvalue weighted by Gasteiger charge is -2.36. The fourth-order valence-corrected chi connectivity index (χ4v) is 6.09. The first kappa shape index (κ1) is 27.1. The molecule has 1 aliphatic heterocycles. The van der Waals surface area contributed by atoms with E-state index < -0.39 is 0 Å². The first-order valence-electron chi connectivity index (χ1n) is 14.4. The Morgan fingerprint density at radius 2 is 1.95 bits per heavy atom. The maximum absolute atomic E-state index is 13.7. The van der Waals surface area contributed by atoms with Crippen molar-refractivity contribution < 1.29 is 4.79 Å². The molecule has 1 saturated heterocycles. The fourth-order valence-electron chi connectivity index (χ4n) is 6.09. The highest BCUT2D eigenvalue weighted by Gasteiger charge is 2.34. The Hall–Kier alpha value is -3.45. The van der Waals surface area contributed by atoms with Crippen LogP contribution in [0, 0.1) is 11.8 Å². The van der Waals surface area contributed by atoms with E-state index in [0.29, 0.717) is 17.5 Å². The van der Waals surface area contributed by atoms with Crippen LogP contribution in [0.5, 0.6) is 0 Å². The Bertz CT molecular complexity index is 1270. The molecule has 1 fully saturated rings. The maximum atomic E-state index is 13.7. The number of amides is 1. The number of piperidine rings is 1. The minimum atomic E-state index is -0.0489. The van der Waals surface area contributed by atoms with Gasteiger partial charge in [-0.15, -0.1) is 0 Å². The van der Waals surface area contributed by atoms with Crippen molar-refractivity contribution in [2.24, 2.45) is 11.8 Å². The average Bonchev–Trinajstić information content (AvgIpc) is 2.94. The highest BCUT2D eigenvalue weighted by atomic mass is 16.1. The van der Waals surface area contributed by atoms with E-state index in [0.717, 1.165) is 72.7 Å². The fraction of sp³-hybridized carbons (Fsp3) is 0.469. The molecule has 2 N–H and O–H groups in total. The first-order valence-corrected chi connectivity index (χ1v) is 14.4. The zero-order chi connectivity index (χ0) is 27.4. The number of carbonyl (C=O) groups is 1. The topological polar surface area (TPSA) is 73.4 Å². The normalized spacial score (nSPS) is 21.3. The van der Waals surface area contributed by atoms with E-state index in [2.05, 4.69) is 62.5 Å². The minimum absolute atomic E-state index is 0.0489. The van der Waals surface area contributed by atoms with Gasteiger partial charge in [-0.2, -0.15) is 0 Å². The van der Waals surface area contributed by atoms with Crippen molar-refractivity contribution in [2.45, 2.75) is 46.0 Å². The summed E-state index contributed by atoms with van der Waals surface area (Å²) in [5.41, 5.74) is 7.33. The molecule has 1 amide bonds. The number of likely N-dealkylation sites (N-methyl/N-ethyl adjacent to an activating group) is 1. The van der Waals surface area contributed by atoms with Gasteiger partial charge in [-0.1, -0.05) is 24.6 Å². The number of nitrogens with zero attached hydrogens (tertiary/aromatic N) is 4. The van der Waals surface area contributed by atoms with Gasteiger partial charge < -0.3 is 20.4 Å². The minimum Gasteiger partial charge on any atom is -0.370 e. The Kier molecular flexibility index (Phi) is 8.46. The van der Waals surface area contributed by atoms with E-state index in [4.69, 9.17) is 0 Å².